The third kappa shape index (κ3) is 2.98. The maximum absolute atomic E-state index is 11.3. The van der Waals surface area contributed by atoms with Gasteiger partial charge in [0.1, 0.15) is 0 Å². The Morgan fingerprint density at radius 3 is 2.13 bits per heavy atom. The highest BCUT2D eigenvalue weighted by Gasteiger charge is 2.40. The second-order valence-corrected chi connectivity index (χ2v) is 4.35. The number of amides is 1. The molecular weight excluding hydrogens is 193 g/mol. The van der Waals surface area contributed by atoms with E-state index in [1.54, 1.807) is 7.98 Å². The maximum atomic E-state index is 11.3. The van der Waals surface area contributed by atoms with Crippen LogP contribution in [0, 0.1) is 5.41 Å². The van der Waals surface area contributed by atoms with Crippen molar-refractivity contribution in [1.82, 2.24) is 5.23 Å². The van der Waals surface area contributed by atoms with Gasteiger partial charge in [0.25, 0.3) is 0 Å². The molecule has 0 radical (unpaired) electrons. The standard InChI is InChI=1S/C10H18BNO3/c11-12-8(13)7-10(9(14)15)5-3-1-2-4-6-10/h1-7,11H2,(H,12,13)(H,14,15). The molecule has 0 spiro atoms. The lowest BCUT2D eigenvalue weighted by Gasteiger charge is -2.26. The molecule has 0 aromatic carbocycles. The predicted molar refractivity (Wildman–Crippen MR) is 59.1 cm³/mol. The SMILES string of the molecule is BNC(=O)CC1(C(=O)O)CCCCCC1. The number of carboxylic acid groups (broad SMARTS) is 1. The van der Waals surface area contributed by atoms with Gasteiger partial charge in [-0.05, 0) is 12.8 Å². The van der Waals surface area contributed by atoms with Crippen LogP contribution in [0.4, 0.5) is 0 Å². The van der Waals surface area contributed by atoms with Crippen LogP contribution in [0.5, 0.6) is 0 Å². The van der Waals surface area contributed by atoms with E-state index in [0.29, 0.717) is 12.8 Å². The Hall–Kier alpha value is -0.995. The monoisotopic (exact) mass is 211 g/mol. The van der Waals surface area contributed by atoms with Crippen molar-refractivity contribution in [3.05, 3.63) is 0 Å². The molecule has 0 unspecified atom stereocenters. The number of carbonyl (C=O) groups excluding carboxylic acids is 1. The van der Waals surface area contributed by atoms with Gasteiger partial charge in [0, 0.05) is 6.42 Å². The van der Waals surface area contributed by atoms with E-state index in [-0.39, 0.29) is 12.3 Å². The Morgan fingerprint density at radius 2 is 1.73 bits per heavy atom. The third-order valence-corrected chi connectivity index (χ3v) is 3.29. The smallest absolute Gasteiger partial charge is 0.310 e. The van der Waals surface area contributed by atoms with Gasteiger partial charge in [0.2, 0.25) is 13.9 Å². The molecule has 1 amide bonds. The summed E-state index contributed by atoms with van der Waals surface area (Å²) in [6.07, 6.45) is 5.41. The number of nitrogens with one attached hydrogen (secondary N) is 1. The molecule has 2 N–H and O–H groups in total. The molecule has 1 rings (SSSR count). The molecule has 0 bridgehead atoms. The van der Waals surface area contributed by atoms with Gasteiger partial charge < -0.3 is 10.3 Å². The molecule has 5 heteroatoms. The van der Waals surface area contributed by atoms with E-state index in [4.69, 9.17) is 0 Å². The minimum Gasteiger partial charge on any atom is -0.481 e. The predicted octanol–water partition coefficient (Wildman–Crippen LogP) is 0.466. The molecule has 0 aromatic heterocycles. The fraction of sp³-hybridized carbons (Fsp3) is 0.800. The number of hydrogen-bond acceptors (Lipinski definition) is 2. The van der Waals surface area contributed by atoms with Crippen LogP contribution >= 0.6 is 0 Å². The first-order valence-electron chi connectivity index (χ1n) is 5.55. The molecule has 1 aliphatic rings. The van der Waals surface area contributed by atoms with E-state index in [1.807, 2.05) is 0 Å². The van der Waals surface area contributed by atoms with Gasteiger partial charge in [-0.3, -0.25) is 9.59 Å². The highest BCUT2D eigenvalue weighted by Crippen LogP contribution is 2.38. The lowest BCUT2D eigenvalue weighted by atomic mass is 9.77. The number of aliphatic carboxylic acids is 1. The zero-order valence-corrected chi connectivity index (χ0v) is 9.21. The Kier molecular flexibility index (Phi) is 4.18. The van der Waals surface area contributed by atoms with E-state index >= 15 is 0 Å². The summed E-state index contributed by atoms with van der Waals surface area (Å²) in [5.74, 6) is -0.979. The van der Waals surface area contributed by atoms with Gasteiger partial charge in [-0.15, -0.1) is 0 Å². The molecule has 0 atom stereocenters. The Morgan fingerprint density at radius 1 is 1.20 bits per heavy atom. The van der Waals surface area contributed by atoms with Gasteiger partial charge in [-0.1, -0.05) is 25.7 Å². The third-order valence-electron chi connectivity index (χ3n) is 3.29. The Balaban J connectivity index is 2.75. The van der Waals surface area contributed by atoms with Crippen molar-refractivity contribution in [1.29, 1.82) is 0 Å². The molecule has 1 fully saturated rings. The highest BCUT2D eigenvalue weighted by atomic mass is 16.4. The summed E-state index contributed by atoms with van der Waals surface area (Å²) in [7, 11) is 1.55. The van der Waals surface area contributed by atoms with Crippen molar-refractivity contribution in [2.24, 2.45) is 5.41 Å². The second-order valence-electron chi connectivity index (χ2n) is 4.35. The summed E-state index contributed by atoms with van der Waals surface area (Å²) in [6, 6.07) is 0. The number of carboxylic acids is 1. The molecule has 0 heterocycles. The fourth-order valence-electron chi connectivity index (χ4n) is 2.27. The van der Waals surface area contributed by atoms with Crippen molar-refractivity contribution < 1.29 is 14.7 Å². The molecular formula is C10H18BNO3. The second kappa shape index (κ2) is 5.19. The van der Waals surface area contributed by atoms with Crippen LogP contribution in [0.1, 0.15) is 44.9 Å². The van der Waals surface area contributed by atoms with Crippen molar-refractivity contribution >= 4 is 19.9 Å². The molecule has 15 heavy (non-hydrogen) atoms. The fourth-order valence-corrected chi connectivity index (χ4v) is 2.27. The summed E-state index contributed by atoms with van der Waals surface area (Å²) in [6.45, 7) is 0. The number of carbonyl (C=O) groups is 2. The zero-order chi connectivity index (χ0) is 11.3. The van der Waals surface area contributed by atoms with Crippen molar-refractivity contribution in [3.63, 3.8) is 0 Å². The van der Waals surface area contributed by atoms with Crippen LogP contribution < -0.4 is 5.23 Å². The van der Waals surface area contributed by atoms with Crippen LogP contribution in [0.25, 0.3) is 0 Å². The molecule has 0 aliphatic heterocycles. The van der Waals surface area contributed by atoms with E-state index < -0.39 is 11.4 Å². The lowest BCUT2D eigenvalue weighted by Crippen LogP contribution is -2.36. The van der Waals surface area contributed by atoms with Gasteiger partial charge in [0.15, 0.2) is 0 Å². The summed E-state index contributed by atoms with van der Waals surface area (Å²) in [4.78, 5) is 22.6. The maximum Gasteiger partial charge on any atom is 0.310 e. The largest absolute Gasteiger partial charge is 0.481 e. The van der Waals surface area contributed by atoms with Crippen molar-refractivity contribution in [3.8, 4) is 0 Å². The zero-order valence-electron chi connectivity index (χ0n) is 9.21. The minimum absolute atomic E-state index is 0.124. The molecule has 0 aromatic rings. The highest BCUT2D eigenvalue weighted by molar-refractivity contribution is 6.14. The van der Waals surface area contributed by atoms with E-state index in [0.717, 1.165) is 25.7 Å². The first-order valence-corrected chi connectivity index (χ1v) is 5.55. The Bertz CT molecular complexity index is 247. The van der Waals surface area contributed by atoms with Crippen LogP contribution in [-0.2, 0) is 9.59 Å². The van der Waals surface area contributed by atoms with Gasteiger partial charge in [0.05, 0.1) is 5.41 Å². The number of hydrogen-bond donors (Lipinski definition) is 2. The molecule has 4 nitrogen and oxygen atoms in total. The van der Waals surface area contributed by atoms with E-state index in [2.05, 4.69) is 5.23 Å². The first-order chi connectivity index (χ1) is 7.10. The lowest BCUT2D eigenvalue weighted by molar-refractivity contribution is -0.152. The topological polar surface area (TPSA) is 66.4 Å². The molecule has 1 saturated carbocycles. The van der Waals surface area contributed by atoms with Crippen molar-refractivity contribution in [2.45, 2.75) is 44.9 Å². The number of rotatable bonds is 3. The van der Waals surface area contributed by atoms with Crippen LogP contribution in [-0.4, -0.2) is 25.0 Å². The van der Waals surface area contributed by atoms with Crippen LogP contribution in [0.3, 0.4) is 0 Å². The molecule has 0 saturated heterocycles. The quantitative estimate of drug-likeness (QED) is 0.526. The van der Waals surface area contributed by atoms with Gasteiger partial charge in [-0.2, -0.15) is 0 Å². The molecule has 1 aliphatic carbocycles. The average molecular weight is 211 g/mol. The van der Waals surface area contributed by atoms with Crippen molar-refractivity contribution in [2.75, 3.05) is 0 Å². The normalized spacial score (nSPS) is 20.3. The summed E-state index contributed by atoms with van der Waals surface area (Å²) >= 11 is 0. The summed E-state index contributed by atoms with van der Waals surface area (Å²) in [5, 5.41) is 11.8. The van der Waals surface area contributed by atoms with Gasteiger partial charge in [-0.25, -0.2) is 0 Å². The van der Waals surface area contributed by atoms with E-state index in [1.165, 1.54) is 0 Å². The van der Waals surface area contributed by atoms with Crippen LogP contribution in [0.15, 0.2) is 0 Å². The average Bonchev–Trinajstić information content (AvgIpc) is 2.44. The van der Waals surface area contributed by atoms with Crippen LogP contribution in [0.2, 0.25) is 0 Å². The van der Waals surface area contributed by atoms with E-state index in [9.17, 15) is 14.7 Å². The van der Waals surface area contributed by atoms with Gasteiger partial charge >= 0.3 is 5.97 Å². The molecule has 84 valence electrons. The minimum atomic E-state index is -0.812. The summed E-state index contributed by atoms with van der Waals surface area (Å²) < 4.78 is 0. The first kappa shape index (κ1) is 12.1. The Labute approximate surface area is 90.9 Å². The summed E-state index contributed by atoms with van der Waals surface area (Å²) in [5.41, 5.74) is -0.809.